The van der Waals surface area contributed by atoms with Crippen LogP contribution in [0.4, 0.5) is 24.7 Å². The molecule has 2 aromatic rings. The summed E-state index contributed by atoms with van der Waals surface area (Å²) in [7, 11) is 0. The van der Waals surface area contributed by atoms with E-state index in [9.17, 15) is 28.4 Å². The Morgan fingerprint density at radius 3 is 2.59 bits per heavy atom. The molecule has 0 spiro atoms. The van der Waals surface area contributed by atoms with Gasteiger partial charge in [-0.1, -0.05) is 0 Å². The molecule has 0 saturated carbocycles. The van der Waals surface area contributed by atoms with Gasteiger partial charge in [-0.25, -0.2) is 4.98 Å². The standard InChI is InChI=1S/C11H10F3N5O3/c1-5(9-15-4-8(18-9)11(12,13)14)17-6-2-7(20)10(16-3-6)19(21)22/h2-5,17,20H,1H3,(H,15,18). The van der Waals surface area contributed by atoms with Crippen molar-refractivity contribution >= 4 is 11.5 Å². The lowest BCUT2D eigenvalue weighted by Gasteiger charge is -2.12. The number of nitrogens with zero attached hydrogens (tertiary/aromatic N) is 3. The van der Waals surface area contributed by atoms with Crippen molar-refractivity contribution in [3.63, 3.8) is 0 Å². The molecule has 2 rings (SSSR count). The van der Waals surface area contributed by atoms with E-state index in [-0.39, 0.29) is 11.5 Å². The van der Waals surface area contributed by atoms with Gasteiger partial charge in [0.05, 0.1) is 17.9 Å². The quantitative estimate of drug-likeness (QED) is 0.589. The first-order valence-corrected chi connectivity index (χ1v) is 5.90. The van der Waals surface area contributed by atoms with Gasteiger partial charge in [-0.2, -0.15) is 13.2 Å². The molecule has 0 fully saturated rings. The van der Waals surface area contributed by atoms with Gasteiger partial charge in [-0.15, -0.1) is 0 Å². The molecular weight excluding hydrogens is 307 g/mol. The van der Waals surface area contributed by atoms with Crippen LogP contribution >= 0.6 is 0 Å². The third-order valence-electron chi connectivity index (χ3n) is 2.71. The molecule has 3 N–H and O–H groups in total. The van der Waals surface area contributed by atoms with Gasteiger partial charge in [-0.05, 0) is 16.8 Å². The number of hydrogen-bond acceptors (Lipinski definition) is 6. The van der Waals surface area contributed by atoms with Crippen molar-refractivity contribution in [2.45, 2.75) is 19.1 Å². The fraction of sp³-hybridized carbons (Fsp3) is 0.273. The number of rotatable bonds is 4. The van der Waals surface area contributed by atoms with Crippen LogP contribution in [0.3, 0.4) is 0 Å². The van der Waals surface area contributed by atoms with Gasteiger partial charge in [0.15, 0.2) is 6.20 Å². The number of nitro groups is 1. The fourth-order valence-corrected chi connectivity index (χ4v) is 1.68. The monoisotopic (exact) mass is 317 g/mol. The number of hydrogen-bond donors (Lipinski definition) is 3. The number of alkyl halides is 3. The topological polar surface area (TPSA) is 117 Å². The summed E-state index contributed by atoms with van der Waals surface area (Å²) < 4.78 is 37.4. The normalized spacial score (nSPS) is 12.9. The first-order valence-electron chi connectivity index (χ1n) is 5.90. The minimum absolute atomic E-state index is 0.0187. The van der Waals surface area contributed by atoms with E-state index in [2.05, 4.69) is 20.3 Å². The van der Waals surface area contributed by atoms with Gasteiger partial charge in [0, 0.05) is 6.07 Å². The largest absolute Gasteiger partial charge is 0.501 e. The van der Waals surface area contributed by atoms with Gasteiger partial charge < -0.3 is 25.5 Å². The molecule has 0 aliphatic carbocycles. The number of aromatic amines is 1. The molecule has 8 nitrogen and oxygen atoms in total. The number of aromatic hydroxyl groups is 1. The smallest absolute Gasteiger partial charge is 0.432 e. The fourth-order valence-electron chi connectivity index (χ4n) is 1.68. The van der Waals surface area contributed by atoms with Crippen molar-refractivity contribution in [1.82, 2.24) is 15.0 Å². The number of imidazole rings is 1. The van der Waals surface area contributed by atoms with E-state index in [1.54, 1.807) is 0 Å². The molecular formula is C11H10F3N5O3. The van der Waals surface area contributed by atoms with Gasteiger partial charge in [-0.3, -0.25) is 0 Å². The van der Waals surface area contributed by atoms with E-state index >= 15 is 0 Å². The maximum atomic E-state index is 12.5. The van der Waals surface area contributed by atoms with Crippen LogP contribution in [-0.4, -0.2) is 25.0 Å². The molecule has 0 amide bonds. The molecule has 22 heavy (non-hydrogen) atoms. The lowest BCUT2D eigenvalue weighted by molar-refractivity contribution is -0.390. The van der Waals surface area contributed by atoms with E-state index in [1.165, 1.54) is 6.92 Å². The molecule has 2 aromatic heterocycles. The zero-order chi connectivity index (χ0) is 16.5. The first kappa shape index (κ1) is 15.5. The Morgan fingerprint density at radius 2 is 2.09 bits per heavy atom. The Morgan fingerprint density at radius 1 is 1.41 bits per heavy atom. The molecule has 1 atom stereocenters. The lowest BCUT2D eigenvalue weighted by Crippen LogP contribution is -2.10. The summed E-state index contributed by atoms with van der Waals surface area (Å²) in [5.74, 6) is -1.35. The number of nitrogens with one attached hydrogen (secondary N) is 2. The van der Waals surface area contributed by atoms with Crippen molar-refractivity contribution in [3.05, 3.63) is 40.1 Å². The Hall–Kier alpha value is -2.85. The van der Waals surface area contributed by atoms with E-state index in [4.69, 9.17) is 0 Å². The predicted octanol–water partition coefficient (Wildman–Crippen LogP) is 2.61. The van der Waals surface area contributed by atoms with Crippen LogP contribution in [0.25, 0.3) is 0 Å². The van der Waals surface area contributed by atoms with Crippen LogP contribution in [-0.2, 0) is 6.18 Å². The van der Waals surface area contributed by atoms with Gasteiger partial charge >= 0.3 is 12.0 Å². The van der Waals surface area contributed by atoms with E-state index < -0.39 is 34.4 Å². The molecule has 0 aromatic carbocycles. The van der Waals surface area contributed by atoms with E-state index in [0.717, 1.165) is 12.3 Å². The molecule has 118 valence electrons. The van der Waals surface area contributed by atoms with Crippen molar-refractivity contribution < 1.29 is 23.2 Å². The van der Waals surface area contributed by atoms with Gasteiger partial charge in [0.1, 0.15) is 11.5 Å². The number of H-pyrrole nitrogens is 1. The Kier molecular flexibility index (Phi) is 3.89. The average molecular weight is 317 g/mol. The molecule has 1 unspecified atom stereocenters. The highest BCUT2D eigenvalue weighted by molar-refractivity contribution is 5.52. The van der Waals surface area contributed by atoms with Crippen LogP contribution in [0.1, 0.15) is 24.5 Å². The molecule has 0 aliphatic rings. The number of anilines is 1. The van der Waals surface area contributed by atoms with Crippen molar-refractivity contribution in [1.29, 1.82) is 0 Å². The number of halogens is 3. The highest BCUT2D eigenvalue weighted by Crippen LogP contribution is 2.30. The zero-order valence-electron chi connectivity index (χ0n) is 11.0. The Balaban J connectivity index is 2.15. The van der Waals surface area contributed by atoms with Gasteiger partial charge in [0.2, 0.25) is 5.75 Å². The second-order valence-corrected chi connectivity index (χ2v) is 4.37. The van der Waals surface area contributed by atoms with Crippen LogP contribution in [0.2, 0.25) is 0 Å². The van der Waals surface area contributed by atoms with Gasteiger partial charge in [0.25, 0.3) is 0 Å². The third-order valence-corrected chi connectivity index (χ3v) is 2.71. The summed E-state index contributed by atoms with van der Waals surface area (Å²) in [6.07, 6.45) is -2.78. The highest BCUT2D eigenvalue weighted by Gasteiger charge is 2.33. The van der Waals surface area contributed by atoms with Crippen molar-refractivity contribution in [2.24, 2.45) is 0 Å². The highest BCUT2D eigenvalue weighted by atomic mass is 19.4. The minimum atomic E-state index is -4.53. The van der Waals surface area contributed by atoms with Crippen LogP contribution in [0.15, 0.2) is 18.5 Å². The molecule has 2 heterocycles. The minimum Gasteiger partial charge on any atom is -0.501 e. The van der Waals surface area contributed by atoms with Crippen molar-refractivity contribution in [3.8, 4) is 5.75 Å². The summed E-state index contributed by atoms with van der Waals surface area (Å²) in [6, 6.07) is 0.383. The Bertz CT molecular complexity index is 701. The maximum Gasteiger partial charge on any atom is 0.432 e. The molecule has 0 radical (unpaired) electrons. The molecule has 0 bridgehead atoms. The first-order chi connectivity index (χ1) is 10.2. The van der Waals surface area contributed by atoms with E-state index in [1.807, 2.05) is 0 Å². The Labute approximate surface area is 121 Å². The van der Waals surface area contributed by atoms with Crippen LogP contribution in [0.5, 0.6) is 5.75 Å². The average Bonchev–Trinajstić information content (AvgIpc) is 2.87. The summed E-state index contributed by atoms with van der Waals surface area (Å²) in [6.45, 7) is 1.53. The molecule has 11 heteroatoms. The molecule has 0 aliphatic heterocycles. The summed E-state index contributed by atoms with van der Waals surface area (Å²) in [5.41, 5.74) is -0.790. The second kappa shape index (κ2) is 5.50. The summed E-state index contributed by atoms with van der Waals surface area (Å²) in [4.78, 5) is 18.9. The summed E-state index contributed by atoms with van der Waals surface area (Å²) in [5, 5.41) is 22.7. The van der Waals surface area contributed by atoms with Crippen LogP contribution < -0.4 is 5.32 Å². The second-order valence-electron chi connectivity index (χ2n) is 4.37. The van der Waals surface area contributed by atoms with Crippen molar-refractivity contribution in [2.75, 3.05) is 5.32 Å². The van der Waals surface area contributed by atoms with Crippen LogP contribution in [0, 0.1) is 10.1 Å². The third kappa shape index (κ3) is 3.24. The zero-order valence-corrected chi connectivity index (χ0v) is 11.0. The molecule has 0 saturated heterocycles. The maximum absolute atomic E-state index is 12.5. The lowest BCUT2D eigenvalue weighted by atomic mass is 10.3. The SMILES string of the molecule is CC(Nc1cnc([N+](=O)[O-])c(O)c1)c1ncc(C(F)(F)F)[nH]1. The summed E-state index contributed by atoms with van der Waals surface area (Å²) >= 11 is 0. The number of pyridine rings is 1. The number of aromatic nitrogens is 3. The predicted molar refractivity (Wildman–Crippen MR) is 68.2 cm³/mol. The van der Waals surface area contributed by atoms with E-state index in [0.29, 0.717) is 6.20 Å².